The van der Waals surface area contributed by atoms with E-state index in [1.54, 1.807) is 0 Å². The minimum atomic E-state index is 0.0347. The lowest BCUT2D eigenvalue weighted by Gasteiger charge is -2.32. The highest BCUT2D eigenvalue weighted by Gasteiger charge is 2.25. The molecule has 1 fully saturated rings. The maximum absolute atomic E-state index is 6.06. The lowest BCUT2D eigenvalue weighted by molar-refractivity contribution is 0.417. The standard InChI is InChI=1S/C14H24ClN5/c1-4-14(5-2,6-3)19-12-16-11(15)17-13(18-12)20-9-7-8-10-20/h4-10H2,1-3H3,(H,16,17,18,19). The predicted octanol–water partition coefficient (Wildman–Crippen LogP) is 3.51. The van der Waals surface area contributed by atoms with E-state index in [9.17, 15) is 0 Å². The van der Waals surface area contributed by atoms with Crippen LogP contribution in [-0.2, 0) is 0 Å². The molecule has 6 heteroatoms. The normalized spacial score (nSPS) is 15.7. The molecule has 0 atom stereocenters. The van der Waals surface area contributed by atoms with E-state index in [0.717, 1.165) is 32.4 Å². The van der Waals surface area contributed by atoms with Crippen LogP contribution in [0.5, 0.6) is 0 Å². The van der Waals surface area contributed by atoms with Crippen molar-refractivity contribution in [2.75, 3.05) is 23.3 Å². The maximum Gasteiger partial charge on any atom is 0.231 e. The number of nitrogens with one attached hydrogen (secondary N) is 1. The SMILES string of the molecule is CCC(CC)(CC)Nc1nc(Cl)nc(N2CCCC2)n1. The van der Waals surface area contributed by atoms with Crippen molar-refractivity contribution in [1.29, 1.82) is 0 Å². The summed E-state index contributed by atoms with van der Waals surface area (Å²) in [5.74, 6) is 1.29. The molecule has 0 radical (unpaired) electrons. The van der Waals surface area contributed by atoms with Gasteiger partial charge in [0.05, 0.1) is 0 Å². The molecule has 1 aromatic rings. The van der Waals surface area contributed by atoms with Crippen LogP contribution < -0.4 is 10.2 Å². The number of nitrogens with zero attached hydrogens (tertiary/aromatic N) is 4. The second kappa shape index (κ2) is 6.57. The summed E-state index contributed by atoms with van der Waals surface area (Å²) in [5.41, 5.74) is 0.0347. The van der Waals surface area contributed by atoms with E-state index in [-0.39, 0.29) is 10.8 Å². The topological polar surface area (TPSA) is 53.9 Å². The molecule has 0 unspecified atom stereocenters. The minimum absolute atomic E-state index is 0.0347. The predicted molar refractivity (Wildman–Crippen MR) is 83.5 cm³/mol. The average Bonchev–Trinajstić information content (AvgIpc) is 2.98. The van der Waals surface area contributed by atoms with E-state index >= 15 is 0 Å². The Kier molecular flexibility index (Phi) is 5.02. The summed E-state index contributed by atoms with van der Waals surface area (Å²) in [7, 11) is 0. The molecule has 112 valence electrons. The van der Waals surface area contributed by atoms with Gasteiger partial charge in [-0.25, -0.2) is 0 Å². The number of hydrogen-bond donors (Lipinski definition) is 1. The van der Waals surface area contributed by atoms with Gasteiger partial charge in [0.15, 0.2) is 0 Å². The van der Waals surface area contributed by atoms with Gasteiger partial charge in [-0.15, -0.1) is 0 Å². The highest BCUT2D eigenvalue weighted by molar-refractivity contribution is 6.28. The van der Waals surface area contributed by atoms with Gasteiger partial charge in [-0.05, 0) is 43.7 Å². The average molecular weight is 298 g/mol. The Morgan fingerprint density at radius 2 is 1.65 bits per heavy atom. The highest BCUT2D eigenvalue weighted by Crippen LogP contribution is 2.25. The molecule has 0 aliphatic carbocycles. The Labute approximate surface area is 126 Å². The Morgan fingerprint density at radius 1 is 1.05 bits per heavy atom. The van der Waals surface area contributed by atoms with Gasteiger partial charge < -0.3 is 10.2 Å². The molecule has 0 amide bonds. The number of rotatable bonds is 6. The van der Waals surface area contributed by atoms with E-state index in [4.69, 9.17) is 11.6 Å². The second-order valence-corrected chi connectivity index (χ2v) is 5.73. The third-order valence-electron chi connectivity index (χ3n) is 4.39. The third kappa shape index (κ3) is 3.32. The minimum Gasteiger partial charge on any atom is -0.349 e. The fraction of sp³-hybridized carbons (Fsp3) is 0.786. The third-order valence-corrected chi connectivity index (χ3v) is 4.56. The van der Waals surface area contributed by atoms with Crippen LogP contribution in [0.2, 0.25) is 5.28 Å². The Bertz CT molecular complexity index is 433. The van der Waals surface area contributed by atoms with Crippen LogP contribution in [0, 0.1) is 0 Å². The largest absolute Gasteiger partial charge is 0.349 e. The van der Waals surface area contributed by atoms with Gasteiger partial charge in [0.1, 0.15) is 0 Å². The Balaban J connectivity index is 2.23. The van der Waals surface area contributed by atoms with Crippen LogP contribution >= 0.6 is 11.6 Å². The Morgan fingerprint density at radius 3 is 2.20 bits per heavy atom. The summed E-state index contributed by atoms with van der Waals surface area (Å²) >= 11 is 6.06. The molecule has 2 rings (SSSR count). The van der Waals surface area contributed by atoms with Crippen LogP contribution in [0.15, 0.2) is 0 Å². The van der Waals surface area contributed by atoms with Crippen molar-refractivity contribution in [3.8, 4) is 0 Å². The van der Waals surface area contributed by atoms with Gasteiger partial charge in [0.2, 0.25) is 17.2 Å². The molecule has 1 aromatic heterocycles. The lowest BCUT2D eigenvalue weighted by atomic mass is 9.90. The van der Waals surface area contributed by atoms with Crippen LogP contribution in [0.4, 0.5) is 11.9 Å². The van der Waals surface area contributed by atoms with Gasteiger partial charge >= 0.3 is 0 Å². The molecular formula is C14H24ClN5. The van der Waals surface area contributed by atoms with Crippen molar-refractivity contribution in [3.63, 3.8) is 0 Å². The van der Waals surface area contributed by atoms with E-state index in [0.29, 0.717) is 11.9 Å². The monoisotopic (exact) mass is 297 g/mol. The Hall–Kier alpha value is -1.10. The summed E-state index contributed by atoms with van der Waals surface area (Å²) in [4.78, 5) is 15.2. The van der Waals surface area contributed by atoms with Crippen LogP contribution in [0.3, 0.4) is 0 Å². The van der Waals surface area contributed by atoms with Crippen LogP contribution in [0.25, 0.3) is 0 Å². The summed E-state index contributed by atoms with van der Waals surface area (Å²) in [6.45, 7) is 8.55. The molecule has 20 heavy (non-hydrogen) atoms. The van der Waals surface area contributed by atoms with Gasteiger partial charge in [0, 0.05) is 18.6 Å². The van der Waals surface area contributed by atoms with Gasteiger partial charge in [-0.3, -0.25) is 0 Å². The highest BCUT2D eigenvalue weighted by atomic mass is 35.5. The van der Waals surface area contributed by atoms with Gasteiger partial charge in [-0.1, -0.05) is 20.8 Å². The molecule has 1 saturated heterocycles. The fourth-order valence-corrected chi connectivity index (χ4v) is 2.86. The van der Waals surface area contributed by atoms with Crippen molar-refractivity contribution in [2.45, 2.75) is 58.4 Å². The first-order valence-corrected chi connectivity index (χ1v) is 7.95. The number of halogens is 1. The zero-order chi connectivity index (χ0) is 14.6. The van der Waals surface area contributed by atoms with Crippen molar-refractivity contribution >= 4 is 23.5 Å². The molecule has 1 aliphatic heterocycles. The van der Waals surface area contributed by atoms with E-state index in [2.05, 4.69) is 45.9 Å². The molecule has 0 bridgehead atoms. The smallest absolute Gasteiger partial charge is 0.231 e. The fourth-order valence-electron chi connectivity index (χ4n) is 2.71. The molecule has 1 N–H and O–H groups in total. The van der Waals surface area contributed by atoms with Gasteiger partial charge in [-0.2, -0.15) is 15.0 Å². The van der Waals surface area contributed by atoms with Crippen LogP contribution in [-0.4, -0.2) is 33.6 Å². The van der Waals surface area contributed by atoms with E-state index in [1.165, 1.54) is 12.8 Å². The number of anilines is 2. The molecule has 2 heterocycles. The molecule has 0 aromatic carbocycles. The first kappa shape index (κ1) is 15.3. The zero-order valence-electron chi connectivity index (χ0n) is 12.6. The van der Waals surface area contributed by atoms with Crippen molar-refractivity contribution in [1.82, 2.24) is 15.0 Å². The molecular weight excluding hydrogens is 274 g/mol. The molecule has 0 saturated carbocycles. The summed E-state index contributed by atoms with van der Waals surface area (Å²) in [6, 6.07) is 0. The number of hydrogen-bond acceptors (Lipinski definition) is 5. The van der Waals surface area contributed by atoms with E-state index < -0.39 is 0 Å². The van der Waals surface area contributed by atoms with Crippen molar-refractivity contribution in [3.05, 3.63) is 5.28 Å². The molecule has 0 spiro atoms. The zero-order valence-corrected chi connectivity index (χ0v) is 13.4. The summed E-state index contributed by atoms with van der Waals surface area (Å²) in [6.07, 6.45) is 5.47. The molecule has 1 aliphatic rings. The molecule has 5 nitrogen and oxygen atoms in total. The second-order valence-electron chi connectivity index (χ2n) is 5.39. The number of aromatic nitrogens is 3. The lowest BCUT2D eigenvalue weighted by Crippen LogP contribution is -2.37. The summed E-state index contributed by atoms with van der Waals surface area (Å²) < 4.78 is 0. The first-order chi connectivity index (χ1) is 9.62. The summed E-state index contributed by atoms with van der Waals surface area (Å²) in [5, 5.41) is 3.74. The maximum atomic E-state index is 6.06. The van der Waals surface area contributed by atoms with E-state index in [1.807, 2.05) is 0 Å². The van der Waals surface area contributed by atoms with Crippen molar-refractivity contribution in [2.24, 2.45) is 0 Å². The quantitative estimate of drug-likeness (QED) is 0.871. The first-order valence-electron chi connectivity index (χ1n) is 7.57. The van der Waals surface area contributed by atoms with Crippen molar-refractivity contribution < 1.29 is 0 Å². The van der Waals surface area contributed by atoms with Gasteiger partial charge in [0.25, 0.3) is 0 Å². The van der Waals surface area contributed by atoms with Crippen LogP contribution in [0.1, 0.15) is 52.9 Å².